The van der Waals surface area contributed by atoms with E-state index in [4.69, 9.17) is 27.9 Å². The first-order valence-electron chi connectivity index (χ1n) is 5.37. The Balaban J connectivity index is 2.64. The van der Waals surface area contributed by atoms with Gasteiger partial charge in [0.05, 0.1) is 7.11 Å². The number of hydrogen-bond acceptors (Lipinski definition) is 3. The zero-order chi connectivity index (χ0) is 13.3. The molecule has 3 nitrogen and oxygen atoms in total. The summed E-state index contributed by atoms with van der Waals surface area (Å²) < 4.78 is 5.28. The third kappa shape index (κ3) is 2.42. The third-order valence-corrected chi connectivity index (χ3v) is 3.21. The molecule has 1 aromatic carbocycles. The summed E-state index contributed by atoms with van der Waals surface area (Å²) in [6, 6.07) is 5.69. The molecule has 2 rings (SSSR count). The van der Waals surface area contributed by atoms with Crippen molar-refractivity contribution in [1.82, 2.24) is 10.2 Å². The fourth-order valence-electron chi connectivity index (χ4n) is 1.84. The van der Waals surface area contributed by atoms with E-state index in [0.29, 0.717) is 10.3 Å². The minimum Gasteiger partial charge on any atom is -0.496 e. The molecule has 0 aliphatic rings. The van der Waals surface area contributed by atoms with E-state index in [1.807, 2.05) is 26.0 Å². The van der Waals surface area contributed by atoms with Gasteiger partial charge in [-0.1, -0.05) is 23.2 Å². The predicted molar refractivity (Wildman–Crippen MR) is 73.5 cm³/mol. The molecule has 0 saturated carbocycles. The van der Waals surface area contributed by atoms with E-state index < -0.39 is 0 Å². The van der Waals surface area contributed by atoms with Crippen molar-refractivity contribution in [3.05, 3.63) is 39.6 Å². The largest absolute Gasteiger partial charge is 0.496 e. The number of halogens is 2. The molecule has 2 aromatic rings. The van der Waals surface area contributed by atoms with Crippen molar-refractivity contribution in [3.63, 3.8) is 0 Å². The number of aromatic nitrogens is 2. The molecule has 18 heavy (non-hydrogen) atoms. The molecule has 0 fully saturated rings. The van der Waals surface area contributed by atoms with Gasteiger partial charge >= 0.3 is 0 Å². The van der Waals surface area contributed by atoms with E-state index in [2.05, 4.69) is 10.2 Å². The second-order valence-corrected chi connectivity index (χ2v) is 4.75. The Morgan fingerprint density at radius 3 is 2.33 bits per heavy atom. The quantitative estimate of drug-likeness (QED) is 0.833. The van der Waals surface area contributed by atoms with Crippen LogP contribution in [0.4, 0.5) is 0 Å². The average Bonchev–Trinajstić information content (AvgIpc) is 2.35. The van der Waals surface area contributed by atoms with Gasteiger partial charge in [0.15, 0.2) is 10.3 Å². The lowest BCUT2D eigenvalue weighted by atomic mass is 9.99. The molecular formula is C13H12Cl2N2O. The highest BCUT2D eigenvalue weighted by molar-refractivity contribution is 6.33. The number of nitrogens with zero attached hydrogens (tertiary/aromatic N) is 2. The van der Waals surface area contributed by atoms with Gasteiger partial charge in [-0.3, -0.25) is 0 Å². The Kier molecular flexibility index (Phi) is 3.73. The van der Waals surface area contributed by atoms with Crippen molar-refractivity contribution in [3.8, 4) is 16.9 Å². The van der Waals surface area contributed by atoms with Gasteiger partial charge in [0.1, 0.15) is 5.75 Å². The van der Waals surface area contributed by atoms with E-state index in [0.717, 1.165) is 28.0 Å². The van der Waals surface area contributed by atoms with Gasteiger partial charge in [-0.15, -0.1) is 10.2 Å². The van der Waals surface area contributed by atoms with Crippen molar-refractivity contribution < 1.29 is 4.74 Å². The number of ether oxygens (including phenoxy) is 1. The second kappa shape index (κ2) is 5.12. The maximum Gasteiger partial charge on any atom is 0.159 e. The van der Waals surface area contributed by atoms with Crippen molar-refractivity contribution in [1.29, 1.82) is 0 Å². The van der Waals surface area contributed by atoms with E-state index in [9.17, 15) is 0 Å². The van der Waals surface area contributed by atoms with Crippen LogP contribution in [0.15, 0.2) is 18.2 Å². The molecule has 0 amide bonds. The monoisotopic (exact) mass is 282 g/mol. The summed E-state index contributed by atoms with van der Waals surface area (Å²) in [6.45, 7) is 3.97. The van der Waals surface area contributed by atoms with Crippen molar-refractivity contribution in [2.24, 2.45) is 0 Å². The third-order valence-electron chi connectivity index (χ3n) is 2.75. The topological polar surface area (TPSA) is 35.0 Å². The number of aryl methyl sites for hydroxylation is 2. The molecule has 0 aliphatic carbocycles. The first kappa shape index (κ1) is 13.1. The summed E-state index contributed by atoms with van der Waals surface area (Å²) in [4.78, 5) is 0. The van der Waals surface area contributed by atoms with Crippen LogP contribution >= 0.6 is 23.2 Å². The van der Waals surface area contributed by atoms with Crippen LogP contribution in [-0.2, 0) is 0 Å². The van der Waals surface area contributed by atoms with Gasteiger partial charge in [0.25, 0.3) is 0 Å². The van der Waals surface area contributed by atoms with Crippen LogP contribution in [0.3, 0.4) is 0 Å². The minimum absolute atomic E-state index is 0.322. The van der Waals surface area contributed by atoms with E-state index in [1.54, 1.807) is 13.2 Å². The molecule has 5 heteroatoms. The maximum atomic E-state index is 6.07. The Morgan fingerprint density at radius 2 is 1.67 bits per heavy atom. The van der Waals surface area contributed by atoms with Crippen LogP contribution in [0.5, 0.6) is 5.75 Å². The minimum atomic E-state index is 0.322. The van der Waals surface area contributed by atoms with Gasteiger partial charge in [0.2, 0.25) is 0 Å². The highest BCUT2D eigenvalue weighted by Crippen LogP contribution is 2.33. The van der Waals surface area contributed by atoms with Gasteiger partial charge in [-0.05, 0) is 48.7 Å². The normalized spacial score (nSPS) is 10.5. The summed E-state index contributed by atoms with van der Waals surface area (Å²) in [6.07, 6.45) is 0. The molecule has 1 heterocycles. The molecule has 0 N–H and O–H groups in total. The zero-order valence-corrected chi connectivity index (χ0v) is 11.8. The van der Waals surface area contributed by atoms with Crippen LogP contribution < -0.4 is 4.74 Å². The molecule has 0 atom stereocenters. The Labute approximate surface area is 116 Å². The molecule has 0 spiro atoms. The van der Waals surface area contributed by atoms with Crippen LogP contribution in [0.1, 0.15) is 11.1 Å². The van der Waals surface area contributed by atoms with Crippen LogP contribution in [0.25, 0.3) is 11.1 Å². The fourth-order valence-corrected chi connectivity index (χ4v) is 2.18. The molecule has 94 valence electrons. The van der Waals surface area contributed by atoms with E-state index in [-0.39, 0.29) is 0 Å². The second-order valence-electron chi connectivity index (χ2n) is 4.01. The molecule has 1 aromatic heterocycles. The zero-order valence-electron chi connectivity index (χ0n) is 10.3. The smallest absolute Gasteiger partial charge is 0.159 e. The van der Waals surface area contributed by atoms with Crippen LogP contribution in [0.2, 0.25) is 10.3 Å². The standard InChI is InChI=1S/C13H12Cl2N2O/c1-7-5-11(18-3)8(2)4-9(7)10-6-12(14)16-17-13(10)15/h4-6H,1-3H3. The van der Waals surface area contributed by atoms with E-state index in [1.165, 1.54) is 0 Å². The van der Waals surface area contributed by atoms with Crippen molar-refractivity contribution in [2.75, 3.05) is 7.11 Å². The van der Waals surface area contributed by atoms with Crippen LogP contribution in [-0.4, -0.2) is 17.3 Å². The average molecular weight is 283 g/mol. The Morgan fingerprint density at radius 1 is 0.944 bits per heavy atom. The maximum absolute atomic E-state index is 6.07. The molecule has 0 unspecified atom stereocenters. The molecule has 0 radical (unpaired) electrons. The first-order valence-corrected chi connectivity index (χ1v) is 6.13. The molecule has 0 aliphatic heterocycles. The highest BCUT2D eigenvalue weighted by atomic mass is 35.5. The van der Waals surface area contributed by atoms with Gasteiger partial charge < -0.3 is 4.74 Å². The van der Waals surface area contributed by atoms with E-state index >= 15 is 0 Å². The summed E-state index contributed by atoms with van der Waals surface area (Å²) in [5, 5.41) is 8.19. The number of benzene rings is 1. The van der Waals surface area contributed by atoms with Gasteiger partial charge in [0, 0.05) is 5.56 Å². The highest BCUT2D eigenvalue weighted by Gasteiger charge is 2.12. The summed E-state index contributed by atoms with van der Waals surface area (Å²) in [5.41, 5.74) is 3.83. The lowest BCUT2D eigenvalue weighted by molar-refractivity contribution is 0.411. The number of methoxy groups -OCH3 is 1. The fraction of sp³-hybridized carbons (Fsp3) is 0.231. The molecular weight excluding hydrogens is 271 g/mol. The first-order chi connectivity index (χ1) is 8.52. The number of hydrogen-bond donors (Lipinski definition) is 0. The summed E-state index contributed by atoms with van der Waals surface area (Å²) in [7, 11) is 1.65. The van der Waals surface area contributed by atoms with Crippen LogP contribution in [0, 0.1) is 13.8 Å². The Bertz CT molecular complexity index is 600. The van der Waals surface area contributed by atoms with Gasteiger partial charge in [-0.25, -0.2) is 0 Å². The summed E-state index contributed by atoms with van der Waals surface area (Å²) >= 11 is 11.9. The lowest BCUT2D eigenvalue weighted by Gasteiger charge is -2.12. The predicted octanol–water partition coefficient (Wildman–Crippen LogP) is 4.08. The molecule has 0 bridgehead atoms. The van der Waals surface area contributed by atoms with Crippen molar-refractivity contribution in [2.45, 2.75) is 13.8 Å². The van der Waals surface area contributed by atoms with Crippen molar-refractivity contribution >= 4 is 23.2 Å². The summed E-state index contributed by atoms with van der Waals surface area (Å²) in [5.74, 6) is 0.848. The van der Waals surface area contributed by atoms with Gasteiger partial charge in [-0.2, -0.15) is 0 Å². The number of rotatable bonds is 2. The lowest BCUT2D eigenvalue weighted by Crippen LogP contribution is -1.94. The molecule has 0 saturated heterocycles. The SMILES string of the molecule is COc1cc(C)c(-c2cc(Cl)nnc2Cl)cc1C. The Hall–Kier alpha value is -1.32.